The van der Waals surface area contributed by atoms with Gasteiger partial charge in [-0.25, -0.2) is 4.79 Å². The average Bonchev–Trinajstić information content (AvgIpc) is 2.85. The normalized spacial score (nSPS) is 13.0. The minimum absolute atomic E-state index is 0.202. The molecule has 0 saturated carbocycles. The molecule has 4 N–H and O–H groups in total. The van der Waals surface area contributed by atoms with Crippen LogP contribution in [0.15, 0.2) is 24.3 Å². The number of rotatable bonds is 10. The first-order valence-electron chi connectivity index (χ1n) is 16.9. The van der Waals surface area contributed by atoms with Crippen molar-refractivity contribution in [1.29, 1.82) is 0 Å². The molecule has 0 bridgehead atoms. The van der Waals surface area contributed by atoms with Gasteiger partial charge in [0.25, 0.3) is 0 Å². The maximum atomic E-state index is 13.2. The highest BCUT2D eigenvalue weighted by atomic mass is 16.6. The molecule has 1 amide bonds. The van der Waals surface area contributed by atoms with Gasteiger partial charge in [-0.3, -0.25) is 0 Å². The van der Waals surface area contributed by atoms with Crippen LogP contribution in [-0.4, -0.2) is 53.0 Å². The van der Waals surface area contributed by atoms with Crippen LogP contribution in [0.4, 0.5) is 16.2 Å². The lowest BCUT2D eigenvalue weighted by Crippen LogP contribution is -2.39. The second-order valence-corrected chi connectivity index (χ2v) is 17.9. The lowest BCUT2D eigenvalue weighted by molar-refractivity contribution is 0.0249. The molecule has 0 spiro atoms. The molecule has 0 atom stereocenters. The molecule has 0 fully saturated rings. The first-order valence-corrected chi connectivity index (χ1v) is 16.9. The molecule has 260 valence electrons. The Morgan fingerprint density at radius 3 is 1.11 bits per heavy atom. The highest BCUT2D eigenvalue weighted by Gasteiger charge is 2.28. The maximum Gasteiger partial charge on any atom is 0.410 e. The fourth-order valence-corrected chi connectivity index (χ4v) is 5.39. The van der Waals surface area contributed by atoms with Gasteiger partial charge in [-0.2, -0.15) is 0 Å². The summed E-state index contributed by atoms with van der Waals surface area (Å²) in [6, 6.07) is 8.17. The van der Waals surface area contributed by atoms with Gasteiger partial charge in [-0.15, -0.1) is 0 Å². The molecule has 0 unspecified atom stereocenters. The predicted molar refractivity (Wildman–Crippen MR) is 195 cm³/mol. The van der Waals surface area contributed by atoms with Crippen molar-refractivity contribution in [1.82, 2.24) is 4.90 Å². The van der Waals surface area contributed by atoms with Crippen LogP contribution in [0.5, 0.6) is 11.5 Å². The second-order valence-electron chi connectivity index (χ2n) is 17.9. The number of carbonyl (C=O) groups is 1. The number of ether oxygens (including phenoxy) is 1. The Balaban J connectivity index is 2.14. The lowest BCUT2D eigenvalue weighted by Gasteiger charge is -2.29. The summed E-state index contributed by atoms with van der Waals surface area (Å²) in [6.45, 7) is 33.5. The summed E-state index contributed by atoms with van der Waals surface area (Å²) >= 11 is 0. The molecule has 7 nitrogen and oxygen atoms in total. The van der Waals surface area contributed by atoms with Crippen molar-refractivity contribution >= 4 is 17.5 Å². The van der Waals surface area contributed by atoms with Crippen LogP contribution < -0.4 is 10.6 Å². The van der Waals surface area contributed by atoms with Crippen LogP contribution in [0.1, 0.15) is 139 Å². The number of nitrogens with one attached hydrogen (secondary N) is 2. The van der Waals surface area contributed by atoms with Gasteiger partial charge in [0.1, 0.15) is 17.1 Å². The topological polar surface area (TPSA) is 94.1 Å². The van der Waals surface area contributed by atoms with Crippen molar-refractivity contribution in [2.75, 3.05) is 36.8 Å². The van der Waals surface area contributed by atoms with Gasteiger partial charge in [0, 0.05) is 59.8 Å². The molecule has 0 aliphatic carbocycles. The molecule has 2 aromatic rings. The summed E-state index contributed by atoms with van der Waals surface area (Å²) in [5.74, 6) is 0.735. The Kier molecular flexibility index (Phi) is 12.2. The van der Waals surface area contributed by atoms with Crippen molar-refractivity contribution in [2.24, 2.45) is 0 Å². The molecule has 0 aliphatic rings. The zero-order valence-corrected chi connectivity index (χ0v) is 31.7. The molecule has 2 aromatic carbocycles. The average molecular weight is 640 g/mol. The SMILES string of the molecule is CC(C)(C)OC(=O)N(CCCNc1cc(C(C)(C)C)c(O)c(C(C)(C)C)c1)CCCNc1cc(C(C)(C)C)c(O)c(C(C)(C)C)c1. The van der Waals surface area contributed by atoms with E-state index in [9.17, 15) is 15.0 Å². The summed E-state index contributed by atoms with van der Waals surface area (Å²) in [4.78, 5) is 15.0. The molecular weight excluding hydrogens is 574 g/mol. The number of hydrogen-bond donors (Lipinski definition) is 4. The fraction of sp³-hybridized carbons (Fsp3) is 0.667. The van der Waals surface area contributed by atoms with Crippen molar-refractivity contribution in [3.05, 3.63) is 46.5 Å². The molecule has 0 aliphatic heterocycles. The van der Waals surface area contributed by atoms with Crippen LogP contribution in [0.2, 0.25) is 0 Å². The quantitative estimate of drug-likeness (QED) is 0.153. The van der Waals surface area contributed by atoms with Crippen LogP contribution in [-0.2, 0) is 26.4 Å². The Labute approximate surface area is 280 Å². The monoisotopic (exact) mass is 639 g/mol. The largest absolute Gasteiger partial charge is 0.507 e. The zero-order valence-electron chi connectivity index (χ0n) is 31.7. The summed E-state index contributed by atoms with van der Waals surface area (Å²) in [5.41, 5.74) is 4.23. The minimum atomic E-state index is -0.580. The fourth-order valence-electron chi connectivity index (χ4n) is 5.39. The van der Waals surface area contributed by atoms with Gasteiger partial charge in [-0.1, -0.05) is 83.1 Å². The van der Waals surface area contributed by atoms with E-state index in [1.54, 1.807) is 4.90 Å². The van der Waals surface area contributed by atoms with Gasteiger partial charge in [0.2, 0.25) is 0 Å². The number of amides is 1. The van der Waals surface area contributed by atoms with Gasteiger partial charge in [0.05, 0.1) is 0 Å². The number of nitrogens with zero attached hydrogens (tertiary/aromatic N) is 1. The van der Waals surface area contributed by atoms with Gasteiger partial charge in [0.15, 0.2) is 0 Å². The molecule has 2 rings (SSSR count). The summed E-state index contributed by atoms with van der Waals surface area (Å²) in [6.07, 6.45) is 1.17. The lowest BCUT2D eigenvalue weighted by atomic mass is 9.79. The Morgan fingerprint density at radius 2 is 0.870 bits per heavy atom. The van der Waals surface area contributed by atoms with E-state index in [2.05, 4.69) is 93.7 Å². The maximum absolute atomic E-state index is 13.2. The second kappa shape index (κ2) is 14.4. The van der Waals surface area contributed by atoms with E-state index in [1.807, 2.05) is 45.0 Å². The smallest absolute Gasteiger partial charge is 0.410 e. The van der Waals surface area contributed by atoms with Crippen molar-refractivity contribution in [3.8, 4) is 11.5 Å². The summed E-state index contributed by atoms with van der Waals surface area (Å²) < 4.78 is 5.76. The van der Waals surface area contributed by atoms with E-state index in [1.165, 1.54) is 0 Å². The Hall–Kier alpha value is -3.09. The highest BCUT2D eigenvalue weighted by Crippen LogP contribution is 2.42. The van der Waals surface area contributed by atoms with Crippen LogP contribution in [0.25, 0.3) is 0 Å². The first-order chi connectivity index (χ1) is 20.7. The van der Waals surface area contributed by atoms with Crippen LogP contribution in [0.3, 0.4) is 0 Å². The molecule has 0 radical (unpaired) electrons. The van der Waals surface area contributed by atoms with Crippen LogP contribution in [0, 0.1) is 0 Å². The zero-order chi connectivity index (χ0) is 35.5. The third-order valence-electron chi connectivity index (χ3n) is 7.97. The number of aromatic hydroxyl groups is 2. The van der Waals surface area contributed by atoms with E-state index >= 15 is 0 Å². The standard InChI is InChI=1S/C39H65N3O4/c1-35(2,3)28-22-26(23-29(32(28)43)36(4,5)6)40-18-16-20-42(34(45)46-39(13,14)15)21-17-19-41-27-24-30(37(7,8)9)33(44)31(25-27)38(10,11)12/h22-25,40-41,43-44H,16-21H2,1-15H3. The molecule has 0 aromatic heterocycles. The summed E-state index contributed by atoms with van der Waals surface area (Å²) in [7, 11) is 0. The van der Waals surface area contributed by atoms with E-state index in [-0.39, 0.29) is 27.8 Å². The number of phenolic OH excluding ortho intramolecular Hbond substituents is 2. The third-order valence-corrected chi connectivity index (χ3v) is 7.97. The van der Waals surface area contributed by atoms with Gasteiger partial charge >= 0.3 is 6.09 Å². The molecule has 46 heavy (non-hydrogen) atoms. The number of hydrogen-bond acceptors (Lipinski definition) is 6. The van der Waals surface area contributed by atoms with E-state index in [0.29, 0.717) is 37.7 Å². The minimum Gasteiger partial charge on any atom is -0.507 e. The Morgan fingerprint density at radius 1 is 0.587 bits per heavy atom. The van der Waals surface area contributed by atoms with E-state index in [4.69, 9.17) is 4.74 Å². The highest BCUT2D eigenvalue weighted by molar-refractivity contribution is 5.68. The molecule has 0 saturated heterocycles. The van der Waals surface area contributed by atoms with Crippen molar-refractivity contribution in [3.63, 3.8) is 0 Å². The van der Waals surface area contributed by atoms with Crippen molar-refractivity contribution < 1.29 is 19.7 Å². The van der Waals surface area contributed by atoms with Crippen molar-refractivity contribution in [2.45, 2.75) is 144 Å². The molecule has 7 heteroatoms. The number of carbonyl (C=O) groups excluding carboxylic acids is 1. The summed E-state index contributed by atoms with van der Waals surface area (Å²) in [5, 5.41) is 29.2. The number of benzene rings is 2. The third kappa shape index (κ3) is 11.3. The predicted octanol–water partition coefficient (Wildman–Crippen LogP) is 9.83. The Bertz CT molecular complexity index is 1170. The number of anilines is 2. The molecule has 0 heterocycles. The van der Waals surface area contributed by atoms with Gasteiger partial charge < -0.3 is 30.5 Å². The number of phenols is 2. The first kappa shape index (κ1) is 39.1. The van der Waals surface area contributed by atoms with Gasteiger partial charge in [-0.05, 0) is 79.5 Å². The van der Waals surface area contributed by atoms with E-state index in [0.717, 1.165) is 46.5 Å². The van der Waals surface area contributed by atoms with E-state index < -0.39 is 5.60 Å². The molecular formula is C39H65N3O4. The van der Waals surface area contributed by atoms with Crippen LogP contribution >= 0.6 is 0 Å².